The number of anilines is 1. The second kappa shape index (κ2) is 5.91. The van der Waals surface area contributed by atoms with Crippen LogP contribution in [0.4, 0.5) is 5.69 Å². The van der Waals surface area contributed by atoms with Crippen molar-refractivity contribution < 1.29 is 9.84 Å². The van der Waals surface area contributed by atoms with Gasteiger partial charge in [0, 0.05) is 5.92 Å². The number of rotatable bonds is 2. The van der Waals surface area contributed by atoms with Gasteiger partial charge in [-0.05, 0) is 41.7 Å². The molecule has 1 aliphatic heterocycles. The van der Waals surface area contributed by atoms with Crippen LogP contribution in [0, 0.1) is 5.92 Å². The van der Waals surface area contributed by atoms with Crippen molar-refractivity contribution in [3.8, 4) is 11.5 Å². The number of nitrogens with one attached hydrogen (secondary N) is 1. The Morgan fingerprint density at radius 3 is 2.83 bits per heavy atom. The highest BCUT2D eigenvalue weighted by molar-refractivity contribution is 6.43. The van der Waals surface area contributed by atoms with Gasteiger partial charge in [0.2, 0.25) is 0 Å². The molecule has 24 heavy (non-hydrogen) atoms. The second-order valence-corrected chi connectivity index (χ2v) is 7.02. The van der Waals surface area contributed by atoms with E-state index in [1.54, 1.807) is 13.2 Å². The Hall–Kier alpha value is -1.84. The molecule has 3 atom stereocenters. The summed E-state index contributed by atoms with van der Waals surface area (Å²) >= 11 is 12.7. The summed E-state index contributed by atoms with van der Waals surface area (Å²) in [6, 6.07) is 9.46. The smallest absolute Gasteiger partial charge is 0.160 e. The number of hydrogen-bond donors (Lipinski definition) is 2. The van der Waals surface area contributed by atoms with E-state index in [0.29, 0.717) is 27.6 Å². The van der Waals surface area contributed by atoms with Crippen molar-refractivity contribution in [2.45, 2.75) is 18.4 Å². The summed E-state index contributed by atoms with van der Waals surface area (Å²) < 4.78 is 5.26. The van der Waals surface area contributed by atoms with Gasteiger partial charge in [-0.1, -0.05) is 47.5 Å². The van der Waals surface area contributed by atoms with Gasteiger partial charge in [0.1, 0.15) is 0 Å². The standard InChI is InChI=1S/C19H17Cl2NO2/c1-24-16-9-10(5-8-15(16)23)18-12-4-2-3-11(12)13-6-7-14(20)17(21)19(13)22-18/h2-3,5-9,11-12,18,22-23H,4H2,1H3. The fourth-order valence-electron chi connectivity index (χ4n) is 3.82. The number of hydrogen-bond acceptors (Lipinski definition) is 3. The number of allylic oxidation sites excluding steroid dienone is 2. The SMILES string of the molecule is COc1cc(C2Nc3c(ccc(Cl)c3Cl)C3C=CCC32)ccc1O. The van der Waals surface area contributed by atoms with E-state index in [2.05, 4.69) is 23.5 Å². The van der Waals surface area contributed by atoms with Crippen LogP contribution in [0.2, 0.25) is 10.0 Å². The third kappa shape index (κ3) is 2.35. The summed E-state index contributed by atoms with van der Waals surface area (Å²) in [4.78, 5) is 0. The molecule has 1 heterocycles. The first-order valence-electron chi connectivity index (χ1n) is 7.88. The van der Waals surface area contributed by atoms with Crippen molar-refractivity contribution in [2.24, 2.45) is 5.92 Å². The largest absolute Gasteiger partial charge is 0.504 e. The molecule has 3 nitrogen and oxygen atoms in total. The number of methoxy groups -OCH3 is 1. The summed E-state index contributed by atoms with van der Waals surface area (Å²) in [6.45, 7) is 0. The van der Waals surface area contributed by atoms with Gasteiger partial charge in [0.15, 0.2) is 11.5 Å². The fraction of sp³-hybridized carbons (Fsp3) is 0.263. The maximum absolute atomic E-state index is 9.86. The van der Waals surface area contributed by atoms with Gasteiger partial charge in [0.05, 0.1) is 28.9 Å². The molecular weight excluding hydrogens is 345 g/mol. The fourth-order valence-corrected chi connectivity index (χ4v) is 4.20. The average molecular weight is 362 g/mol. The van der Waals surface area contributed by atoms with Crippen molar-refractivity contribution in [1.82, 2.24) is 0 Å². The Bertz CT molecular complexity index is 834. The zero-order valence-electron chi connectivity index (χ0n) is 13.1. The maximum atomic E-state index is 9.86. The van der Waals surface area contributed by atoms with Crippen LogP contribution >= 0.6 is 23.2 Å². The van der Waals surface area contributed by atoms with E-state index < -0.39 is 0 Å². The van der Waals surface area contributed by atoms with Crippen LogP contribution in [0.1, 0.15) is 29.5 Å². The minimum atomic E-state index is 0.0722. The minimum Gasteiger partial charge on any atom is -0.504 e. The van der Waals surface area contributed by atoms with Crippen LogP contribution in [-0.2, 0) is 0 Å². The maximum Gasteiger partial charge on any atom is 0.160 e. The molecule has 0 radical (unpaired) electrons. The Balaban J connectivity index is 1.82. The summed E-state index contributed by atoms with van der Waals surface area (Å²) in [7, 11) is 1.55. The number of fused-ring (bicyclic) bond motifs is 3. The summed E-state index contributed by atoms with van der Waals surface area (Å²) in [5.41, 5.74) is 3.14. The van der Waals surface area contributed by atoms with Crippen LogP contribution in [-0.4, -0.2) is 12.2 Å². The van der Waals surface area contributed by atoms with Crippen LogP contribution in [0.5, 0.6) is 11.5 Å². The van der Waals surface area contributed by atoms with Gasteiger partial charge >= 0.3 is 0 Å². The minimum absolute atomic E-state index is 0.0722. The first-order chi connectivity index (χ1) is 11.6. The van der Waals surface area contributed by atoms with Crippen molar-refractivity contribution in [3.05, 3.63) is 63.7 Å². The molecule has 0 amide bonds. The van der Waals surface area contributed by atoms with Gasteiger partial charge in [-0.25, -0.2) is 0 Å². The Kier molecular flexibility index (Phi) is 3.86. The number of phenolic OH excluding ortho intramolecular Hbond substituents is 1. The topological polar surface area (TPSA) is 41.5 Å². The zero-order chi connectivity index (χ0) is 16.8. The van der Waals surface area contributed by atoms with E-state index in [0.717, 1.165) is 17.7 Å². The van der Waals surface area contributed by atoms with Crippen LogP contribution < -0.4 is 10.1 Å². The van der Waals surface area contributed by atoms with Gasteiger partial charge in [-0.15, -0.1) is 0 Å². The van der Waals surface area contributed by atoms with E-state index in [9.17, 15) is 5.11 Å². The van der Waals surface area contributed by atoms with E-state index in [4.69, 9.17) is 27.9 Å². The monoisotopic (exact) mass is 361 g/mol. The molecule has 0 saturated heterocycles. The molecule has 0 spiro atoms. The molecular formula is C19H17Cl2NO2. The molecule has 0 bridgehead atoms. The molecule has 0 saturated carbocycles. The molecule has 2 aromatic carbocycles. The molecule has 5 heteroatoms. The Morgan fingerprint density at radius 2 is 2.04 bits per heavy atom. The third-order valence-electron chi connectivity index (χ3n) is 4.99. The quantitative estimate of drug-likeness (QED) is 0.690. The molecule has 2 N–H and O–H groups in total. The van der Waals surface area contributed by atoms with Crippen LogP contribution in [0.25, 0.3) is 0 Å². The van der Waals surface area contributed by atoms with E-state index >= 15 is 0 Å². The highest BCUT2D eigenvalue weighted by Gasteiger charge is 2.39. The molecule has 2 aliphatic rings. The number of halogens is 2. The Morgan fingerprint density at radius 1 is 1.21 bits per heavy atom. The lowest BCUT2D eigenvalue weighted by atomic mass is 9.77. The number of aromatic hydroxyl groups is 1. The highest BCUT2D eigenvalue weighted by atomic mass is 35.5. The van der Waals surface area contributed by atoms with Crippen molar-refractivity contribution in [1.29, 1.82) is 0 Å². The van der Waals surface area contributed by atoms with Crippen LogP contribution in [0.3, 0.4) is 0 Å². The summed E-state index contributed by atoms with van der Waals surface area (Å²) in [5.74, 6) is 1.31. The number of ether oxygens (including phenoxy) is 1. The van der Waals surface area contributed by atoms with Gasteiger partial charge < -0.3 is 15.2 Å². The highest BCUT2D eigenvalue weighted by Crippen LogP contribution is 2.53. The molecule has 124 valence electrons. The molecule has 3 unspecified atom stereocenters. The normalized spacial score (nSPS) is 24.2. The van der Waals surface area contributed by atoms with Gasteiger partial charge in [0.25, 0.3) is 0 Å². The molecule has 0 fully saturated rings. The third-order valence-corrected chi connectivity index (χ3v) is 5.79. The number of phenols is 1. The van der Waals surface area contributed by atoms with Crippen molar-refractivity contribution in [3.63, 3.8) is 0 Å². The lowest BCUT2D eigenvalue weighted by Gasteiger charge is -2.38. The molecule has 4 rings (SSSR count). The van der Waals surface area contributed by atoms with Crippen molar-refractivity contribution >= 4 is 28.9 Å². The molecule has 1 aliphatic carbocycles. The van der Waals surface area contributed by atoms with Crippen LogP contribution in [0.15, 0.2) is 42.5 Å². The Labute approximate surface area is 150 Å². The summed E-state index contributed by atoms with van der Waals surface area (Å²) in [5, 5.41) is 14.5. The first-order valence-corrected chi connectivity index (χ1v) is 8.63. The lowest BCUT2D eigenvalue weighted by molar-refractivity contribution is 0.370. The summed E-state index contributed by atoms with van der Waals surface area (Å²) in [6.07, 6.45) is 5.46. The predicted molar refractivity (Wildman–Crippen MR) is 97.5 cm³/mol. The first kappa shape index (κ1) is 15.7. The van der Waals surface area contributed by atoms with E-state index in [-0.39, 0.29) is 11.8 Å². The van der Waals surface area contributed by atoms with Gasteiger partial charge in [-0.2, -0.15) is 0 Å². The average Bonchev–Trinajstić information content (AvgIpc) is 3.08. The number of benzene rings is 2. The van der Waals surface area contributed by atoms with E-state index in [1.165, 1.54) is 5.56 Å². The second-order valence-electron chi connectivity index (χ2n) is 6.23. The zero-order valence-corrected chi connectivity index (χ0v) is 14.6. The lowest BCUT2D eigenvalue weighted by Crippen LogP contribution is -2.29. The molecule has 2 aromatic rings. The molecule has 0 aromatic heterocycles. The van der Waals surface area contributed by atoms with Crippen molar-refractivity contribution in [2.75, 3.05) is 12.4 Å². The van der Waals surface area contributed by atoms with E-state index in [1.807, 2.05) is 18.2 Å². The van der Waals surface area contributed by atoms with Gasteiger partial charge in [-0.3, -0.25) is 0 Å². The predicted octanol–water partition coefficient (Wildman–Crippen LogP) is 5.53.